The fraction of sp³-hybridized carbons (Fsp3) is 0.429. The number of amides is 1. The summed E-state index contributed by atoms with van der Waals surface area (Å²) in [7, 11) is 0. The zero-order valence-corrected chi connectivity index (χ0v) is 20.1. The third kappa shape index (κ3) is 4.72. The molecule has 1 amide bonds. The average Bonchev–Trinajstić information content (AvgIpc) is 3.38. The first-order chi connectivity index (χ1) is 14.5. The third-order valence-corrected chi connectivity index (χ3v) is 6.74. The van der Waals surface area contributed by atoms with Gasteiger partial charge in [0.1, 0.15) is 5.82 Å². The molecule has 0 saturated carbocycles. The monoisotopic (exact) mass is 536 g/mol. The Hall–Kier alpha value is -1.88. The minimum absolute atomic E-state index is 0.0695. The van der Waals surface area contributed by atoms with E-state index in [0.717, 1.165) is 38.7 Å². The van der Waals surface area contributed by atoms with Crippen LogP contribution in [-0.4, -0.2) is 50.5 Å². The van der Waals surface area contributed by atoms with Crippen LogP contribution >= 0.6 is 34.4 Å². The fourth-order valence-electron chi connectivity index (χ4n) is 3.53. The van der Waals surface area contributed by atoms with E-state index in [1.165, 1.54) is 12.8 Å². The Morgan fingerprint density at radius 2 is 2.00 bits per heavy atom. The highest BCUT2D eigenvalue weighted by atomic mass is 127. The van der Waals surface area contributed by atoms with Gasteiger partial charge in [0.25, 0.3) is 5.91 Å². The Balaban J connectivity index is 1.54. The van der Waals surface area contributed by atoms with E-state index in [0.29, 0.717) is 23.9 Å². The van der Waals surface area contributed by atoms with Crippen LogP contribution in [0, 0.1) is 3.57 Å². The summed E-state index contributed by atoms with van der Waals surface area (Å²) < 4.78 is 2.81. The highest BCUT2D eigenvalue weighted by Gasteiger charge is 2.21. The molecule has 9 heteroatoms. The highest BCUT2D eigenvalue weighted by molar-refractivity contribution is 14.1. The van der Waals surface area contributed by atoms with Crippen molar-refractivity contribution in [2.45, 2.75) is 43.6 Å². The summed E-state index contributed by atoms with van der Waals surface area (Å²) in [6.07, 6.45) is 4.24. The van der Waals surface area contributed by atoms with Crippen LogP contribution in [0.3, 0.4) is 0 Å². The second kappa shape index (κ2) is 9.51. The number of nitrogens with zero attached hydrogens (tertiary/aromatic N) is 5. The first-order valence-corrected chi connectivity index (χ1v) is 12.2. The van der Waals surface area contributed by atoms with Crippen LogP contribution in [0.2, 0.25) is 0 Å². The molecule has 1 aliphatic rings. The molecule has 3 aromatic rings. The van der Waals surface area contributed by atoms with Gasteiger partial charge in [0.2, 0.25) is 0 Å². The van der Waals surface area contributed by atoms with E-state index < -0.39 is 0 Å². The van der Waals surface area contributed by atoms with Crippen LogP contribution in [0.4, 0.5) is 5.82 Å². The first kappa shape index (κ1) is 21.4. The summed E-state index contributed by atoms with van der Waals surface area (Å²) in [6.45, 7) is 7.37. The molecule has 0 bridgehead atoms. The number of hydrogen-bond acceptors (Lipinski definition) is 6. The van der Waals surface area contributed by atoms with Crippen LogP contribution in [-0.2, 0) is 6.54 Å². The van der Waals surface area contributed by atoms with Crippen molar-refractivity contribution in [3.8, 4) is 0 Å². The second-order valence-electron chi connectivity index (χ2n) is 7.53. The summed E-state index contributed by atoms with van der Waals surface area (Å²) >= 11 is 3.85. The molecule has 0 unspecified atom stereocenters. The van der Waals surface area contributed by atoms with Crippen LogP contribution in [0.15, 0.2) is 35.6 Å². The van der Waals surface area contributed by atoms with Gasteiger partial charge in [-0.05, 0) is 47.6 Å². The van der Waals surface area contributed by atoms with Gasteiger partial charge in [0.05, 0.1) is 23.7 Å². The number of halogens is 1. The van der Waals surface area contributed by atoms with Crippen molar-refractivity contribution >= 4 is 57.1 Å². The van der Waals surface area contributed by atoms with Crippen LogP contribution in [0.5, 0.6) is 0 Å². The summed E-state index contributed by atoms with van der Waals surface area (Å²) in [6, 6.07) is 7.58. The van der Waals surface area contributed by atoms with Crippen molar-refractivity contribution < 1.29 is 4.79 Å². The van der Waals surface area contributed by atoms with E-state index >= 15 is 0 Å². The molecule has 1 aliphatic heterocycles. The lowest BCUT2D eigenvalue weighted by molar-refractivity contribution is 0.0951. The summed E-state index contributed by atoms with van der Waals surface area (Å²) in [5.74, 6) is 0.912. The maximum atomic E-state index is 12.5. The maximum absolute atomic E-state index is 12.5. The smallest absolute Gasteiger partial charge is 0.252 e. The molecule has 0 radical (unpaired) electrons. The number of benzene rings is 1. The van der Waals surface area contributed by atoms with Crippen LogP contribution in [0.25, 0.3) is 11.0 Å². The predicted molar refractivity (Wildman–Crippen MR) is 129 cm³/mol. The Labute approximate surface area is 194 Å². The van der Waals surface area contributed by atoms with E-state index in [-0.39, 0.29) is 5.91 Å². The van der Waals surface area contributed by atoms with Crippen molar-refractivity contribution in [1.29, 1.82) is 0 Å². The molecule has 158 valence electrons. The number of carbonyl (C=O) groups excluding carboxylic acids is 1. The Morgan fingerprint density at radius 1 is 1.23 bits per heavy atom. The van der Waals surface area contributed by atoms with Crippen molar-refractivity contribution in [2.75, 3.05) is 24.5 Å². The molecule has 4 rings (SSSR count). The minimum Gasteiger partial charge on any atom is -0.356 e. The topological polar surface area (TPSA) is 75.9 Å². The lowest BCUT2D eigenvalue weighted by Gasteiger charge is -2.18. The van der Waals surface area contributed by atoms with Gasteiger partial charge in [0, 0.05) is 28.5 Å². The Bertz CT molecular complexity index is 1050. The van der Waals surface area contributed by atoms with Gasteiger partial charge < -0.3 is 10.2 Å². The Morgan fingerprint density at radius 3 is 2.73 bits per heavy atom. The van der Waals surface area contributed by atoms with Crippen molar-refractivity contribution in [3.05, 3.63) is 39.6 Å². The fourth-order valence-corrected chi connectivity index (χ4v) is 4.87. The zero-order valence-electron chi connectivity index (χ0n) is 17.1. The summed E-state index contributed by atoms with van der Waals surface area (Å²) in [5.41, 5.74) is 1.52. The van der Waals surface area contributed by atoms with Crippen molar-refractivity contribution in [1.82, 2.24) is 25.1 Å². The summed E-state index contributed by atoms with van der Waals surface area (Å²) in [5, 5.41) is 9.72. The number of aromatic nitrogens is 4. The molecule has 7 nitrogen and oxygen atoms in total. The van der Waals surface area contributed by atoms with Crippen LogP contribution < -0.4 is 10.2 Å². The zero-order chi connectivity index (χ0) is 21.1. The van der Waals surface area contributed by atoms with Gasteiger partial charge in [-0.1, -0.05) is 37.7 Å². The molecule has 1 N–H and O–H groups in total. The molecule has 2 aromatic heterocycles. The molecular weight excluding hydrogens is 511 g/mol. The van der Waals surface area contributed by atoms with E-state index in [1.54, 1.807) is 11.8 Å². The van der Waals surface area contributed by atoms with Gasteiger partial charge in [-0.3, -0.25) is 4.79 Å². The molecule has 0 spiro atoms. The average molecular weight is 536 g/mol. The number of carbonyl (C=O) groups is 1. The molecular formula is C21H25IN6OS. The molecule has 3 heterocycles. The van der Waals surface area contributed by atoms with Gasteiger partial charge in [-0.15, -0.1) is 0 Å². The normalized spacial score (nSPS) is 14.1. The standard InChI is InChI=1S/C21H25IN6OS/c1-14(2)30-21-25-18(27-10-5-6-11-27)16-13-24-28(19(16)26-21)12-9-23-20(29)15-7-3-4-8-17(15)22/h3-4,7-8,13-14H,5-6,9-12H2,1-2H3,(H,23,29). The number of rotatable bonds is 7. The number of fused-ring (bicyclic) bond motifs is 1. The lowest BCUT2D eigenvalue weighted by Crippen LogP contribution is -2.28. The molecule has 1 fully saturated rings. The number of hydrogen-bond donors (Lipinski definition) is 1. The SMILES string of the molecule is CC(C)Sc1nc(N2CCCC2)c2cnn(CCNC(=O)c3ccccc3I)c2n1. The Kier molecular flexibility index (Phi) is 6.77. The van der Waals surface area contributed by atoms with Crippen LogP contribution in [0.1, 0.15) is 37.0 Å². The highest BCUT2D eigenvalue weighted by Crippen LogP contribution is 2.30. The maximum Gasteiger partial charge on any atom is 0.252 e. The van der Waals surface area contributed by atoms with E-state index in [1.807, 2.05) is 35.1 Å². The van der Waals surface area contributed by atoms with E-state index in [9.17, 15) is 4.79 Å². The van der Waals surface area contributed by atoms with Gasteiger partial charge in [-0.2, -0.15) is 5.10 Å². The van der Waals surface area contributed by atoms with Gasteiger partial charge in [0.15, 0.2) is 10.8 Å². The second-order valence-corrected chi connectivity index (χ2v) is 10.2. The molecule has 1 saturated heterocycles. The predicted octanol–water partition coefficient (Wildman–Crippen LogP) is 3.96. The third-order valence-electron chi connectivity index (χ3n) is 4.93. The van der Waals surface area contributed by atoms with Crippen molar-refractivity contribution in [2.24, 2.45) is 0 Å². The number of thioether (sulfide) groups is 1. The lowest BCUT2D eigenvalue weighted by atomic mass is 10.2. The van der Waals surface area contributed by atoms with E-state index in [4.69, 9.17) is 9.97 Å². The summed E-state index contributed by atoms with van der Waals surface area (Å²) in [4.78, 5) is 24.5. The van der Waals surface area contributed by atoms with Gasteiger partial charge >= 0.3 is 0 Å². The molecule has 30 heavy (non-hydrogen) atoms. The largest absolute Gasteiger partial charge is 0.356 e. The minimum atomic E-state index is -0.0695. The first-order valence-electron chi connectivity index (χ1n) is 10.2. The quantitative estimate of drug-likeness (QED) is 0.280. The van der Waals surface area contributed by atoms with E-state index in [2.05, 4.69) is 51.8 Å². The van der Waals surface area contributed by atoms with Crippen molar-refractivity contribution in [3.63, 3.8) is 0 Å². The molecule has 0 atom stereocenters. The molecule has 1 aromatic carbocycles. The number of nitrogens with one attached hydrogen (secondary N) is 1. The molecule has 0 aliphatic carbocycles. The number of anilines is 1. The van der Waals surface area contributed by atoms with Gasteiger partial charge in [-0.25, -0.2) is 14.6 Å².